The SMILES string of the molecule is [SiH3][Si](Cl)(Cl)Br. The van der Waals surface area contributed by atoms with Crippen LogP contribution in [0.2, 0.25) is 0 Å². The van der Waals surface area contributed by atoms with Crippen LogP contribution >= 0.6 is 37.5 Å². The van der Waals surface area contributed by atoms with E-state index < -0.39 is 4.83 Å². The highest BCUT2D eigenvalue weighted by Crippen LogP contribution is 2.15. The van der Waals surface area contributed by atoms with Crippen molar-refractivity contribution in [2.45, 2.75) is 0 Å². The van der Waals surface area contributed by atoms with Crippen LogP contribution in [0.4, 0.5) is 0 Å². The second-order valence-corrected chi connectivity index (χ2v) is 27.7. The monoisotopic (exact) mass is 208 g/mol. The van der Waals surface area contributed by atoms with Crippen molar-refractivity contribution in [3.63, 3.8) is 0 Å². The zero-order valence-corrected chi connectivity index (χ0v) is 8.73. The maximum Gasteiger partial charge on any atom is 0.290 e. The van der Waals surface area contributed by atoms with Crippen LogP contribution in [0.25, 0.3) is 0 Å². The average molecular weight is 210 g/mol. The van der Waals surface area contributed by atoms with Crippen LogP contribution in [-0.4, -0.2) is 14.6 Å². The van der Waals surface area contributed by atoms with Crippen LogP contribution in [0.15, 0.2) is 0 Å². The van der Waals surface area contributed by atoms with Crippen molar-refractivity contribution in [2.24, 2.45) is 0 Å². The molecule has 0 amide bonds. The number of hydrogen-bond donors (Lipinski definition) is 0. The van der Waals surface area contributed by atoms with Crippen LogP contribution in [0.1, 0.15) is 0 Å². The first-order valence-corrected chi connectivity index (χ1v) is 10.8. The molecule has 0 saturated carbocycles. The number of hydrogen-bond acceptors (Lipinski definition) is 0. The van der Waals surface area contributed by atoms with Gasteiger partial charge in [-0.3, -0.25) is 0 Å². The minimum absolute atomic E-state index is 0.894. The first kappa shape index (κ1) is 6.49. The fourth-order valence-corrected chi connectivity index (χ4v) is 0. The molecule has 0 aliphatic carbocycles. The van der Waals surface area contributed by atoms with Gasteiger partial charge in [-0.15, -0.1) is 22.2 Å². The van der Waals surface area contributed by atoms with Crippen molar-refractivity contribution in [3.05, 3.63) is 0 Å². The van der Waals surface area contributed by atoms with E-state index in [2.05, 4.69) is 15.3 Å². The molecular weight excluding hydrogens is 207 g/mol. The third-order valence-electron chi connectivity index (χ3n) is 0. The fraction of sp³-hybridized carbons (Fsp3) is 0. The average Bonchev–Trinajstić information content (AvgIpc) is 0.722. The summed E-state index contributed by atoms with van der Waals surface area (Å²) in [5, 5.41) is 0. The molecule has 5 heavy (non-hydrogen) atoms. The van der Waals surface area contributed by atoms with Crippen molar-refractivity contribution in [3.8, 4) is 0 Å². The normalized spacial score (nSPS) is 12.6. The Morgan fingerprint density at radius 1 is 1.60 bits per heavy atom. The second kappa shape index (κ2) is 1.98. The van der Waals surface area contributed by atoms with Gasteiger partial charge in [-0.25, -0.2) is 0 Å². The molecule has 0 nitrogen and oxygen atoms in total. The molecule has 0 rings (SSSR count). The van der Waals surface area contributed by atoms with E-state index in [-0.39, 0.29) is 0 Å². The van der Waals surface area contributed by atoms with Gasteiger partial charge in [0.2, 0.25) is 0 Å². The quantitative estimate of drug-likeness (QED) is 0.407. The molecule has 0 spiro atoms. The smallest absolute Gasteiger partial charge is 0.136 e. The summed E-state index contributed by atoms with van der Waals surface area (Å²) in [7, 11) is 0.894. The Balaban J connectivity index is 3.02. The summed E-state index contributed by atoms with van der Waals surface area (Å²) >= 11 is 13.9. The van der Waals surface area contributed by atoms with Crippen LogP contribution in [-0.2, 0) is 0 Å². The lowest BCUT2D eigenvalue weighted by atomic mass is 27.0. The van der Waals surface area contributed by atoms with Crippen molar-refractivity contribution in [2.75, 3.05) is 0 Å². The number of rotatable bonds is 0. The molecule has 0 aromatic heterocycles. The zero-order valence-electron chi connectivity index (χ0n) is 2.63. The Kier molecular flexibility index (Phi) is 2.57. The van der Waals surface area contributed by atoms with Gasteiger partial charge in [-0.05, 0) is 0 Å². The molecule has 0 atom stereocenters. The summed E-state index contributed by atoms with van der Waals surface area (Å²) in [6.45, 7) is 0. The van der Waals surface area contributed by atoms with Gasteiger partial charge < -0.3 is 0 Å². The topological polar surface area (TPSA) is 0 Å². The molecular formula is H3BrCl2Si2. The minimum Gasteiger partial charge on any atom is -0.136 e. The van der Waals surface area contributed by atoms with Gasteiger partial charge in [0.05, 0.1) is 0 Å². The van der Waals surface area contributed by atoms with Crippen molar-refractivity contribution >= 4 is 52.0 Å². The summed E-state index contributed by atoms with van der Waals surface area (Å²) in [6, 6.07) is 0. The maximum absolute atomic E-state index is 5.41. The van der Waals surface area contributed by atoms with Gasteiger partial charge in [-0.2, -0.15) is 0 Å². The first-order valence-electron chi connectivity index (χ1n) is 1.07. The molecule has 0 N–H and O–H groups in total. The molecule has 0 radical (unpaired) electrons. The molecule has 0 aromatic rings. The zero-order chi connectivity index (χ0) is 4.50. The molecule has 0 aliphatic heterocycles. The lowest BCUT2D eigenvalue weighted by Crippen LogP contribution is -2.05. The maximum atomic E-state index is 5.41. The molecule has 0 saturated heterocycles. The second-order valence-electron chi connectivity index (χ2n) is 0.781. The summed E-state index contributed by atoms with van der Waals surface area (Å²) < 4.78 is 0. The Hall–Kier alpha value is 1.49. The molecule has 0 heterocycles. The minimum atomic E-state index is -1.72. The molecule has 32 valence electrons. The van der Waals surface area contributed by atoms with Gasteiger partial charge in [0.1, 0.15) is 0 Å². The molecule has 0 fully saturated rings. The van der Waals surface area contributed by atoms with E-state index in [0.29, 0.717) is 0 Å². The van der Waals surface area contributed by atoms with Crippen LogP contribution in [0.5, 0.6) is 0 Å². The fourth-order valence-electron chi connectivity index (χ4n) is 0. The predicted octanol–water partition coefficient (Wildman–Crippen LogP) is 0.660. The number of halogens is 3. The van der Waals surface area contributed by atoms with E-state index in [9.17, 15) is 0 Å². The predicted molar refractivity (Wildman–Crippen MR) is 36.3 cm³/mol. The van der Waals surface area contributed by atoms with Gasteiger partial charge in [-0.1, -0.05) is 15.3 Å². The van der Waals surface area contributed by atoms with E-state index in [0.717, 1.165) is 9.76 Å². The summed E-state index contributed by atoms with van der Waals surface area (Å²) in [5.74, 6) is 0. The Bertz CT molecular complexity index is 23.1. The molecule has 0 aliphatic rings. The van der Waals surface area contributed by atoms with Crippen LogP contribution in [0.3, 0.4) is 0 Å². The molecule has 0 unspecified atom stereocenters. The van der Waals surface area contributed by atoms with Crippen LogP contribution in [0, 0.1) is 0 Å². The van der Waals surface area contributed by atoms with Gasteiger partial charge in [0.25, 0.3) is 4.83 Å². The van der Waals surface area contributed by atoms with Crippen molar-refractivity contribution in [1.29, 1.82) is 0 Å². The highest BCUT2D eigenvalue weighted by atomic mass is 79.9. The Morgan fingerprint density at radius 3 is 1.60 bits per heavy atom. The van der Waals surface area contributed by atoms with E-state index >= 15 is 0 Å². The first-order chi connectivity index (χ1) is 2.00. The summed E-state index contributed by atoms with van der Waals surface area (Å²) in [5.41, 5.74) is 0. The molecule has 0 aromatic carbocycles. The van der Waals surface area contributed by atoms with Crippen LogP contribution < -0.4 is 0 Å². The highest BCUT2D eigenvalue weighted by molar-refractivity contribution is 9.30. The van der Waals surface area contributed by atoms with Crippen molar-refractivity contribution in [1.82, 2.24) is 0 Å². The standard InChI is InChI=1S/BrCl2H3Si2/c1-5(2,3)4/h4H3. The largest absolute Gasteiger partial charge is 0.290 e. The van der Waals surface area contributed by atoms with Gasteiger partial charge in [0.15, 0.2) is 0 Å². The van der Waals surface area contributed by atoms with E-state index in [1.807, 2.05) is 0 Å². The van der Waals surface area contributed by atoms with E-state index in [1.165, 1.54) is 0 Å². The summed E-state index contributed by atoms with van der Waals surface area (Å²) in [6.07, 6.45) is 0. The van der Waals surface area contributed by atoms with Crippen molar-refractivity contribution < 1.29 is 0 Å². The Morgan fingerprint density at radius 2 is 1.60 bits per heavy atom. The lowest BCUT2D eigenvalue weighted by molar-refractivity contribution is 3.95. The lowest BCUT2D eigenvalue weighted by Gasteiger charge is -1.90. The highest BCUT2D eigenvalue weighted by Gasteiger charge is 2.12. The molecule has 0 bridgehead atoms. The van der Waals surface area contributed by atoms with E-state index in [1.54, 1.807) is 0 Å². The third-order valence-corrected chi connectivity index (χ3v) is 0. The Labute approximate surface area is 52.0 Å². The van der Waals surface area contributed by atoms with E-state index in [4.69, 9.17) is 22.2 Å². The third kappa shape index (κ3) is 30.1. The van der Waals surface area contributed by atoms with Gasteiger partial charge in [0, 0.05) is 9.76 Å². The van der Waals surface area contributed by atoms with Gasteiger partial charge >= 0.3 is 0 Å². The molecule has 5 heteroatoms. The summed E-state index contributed by atoms with van der Waals surface area (Å²) in [4.78, 5) is -1.72.